The third-order valence-corrected chi connectivity index (χ3v) is 4.49. The molecule has 0 aliphatic heterocycles. The SMILES string of the molecule is O=C(O)c1ccc2c(c1)ncn2-c1cccc(-c2cc(Br)ncc2F)c1. The van der Waals surface area contributed by atoms with E-state index in [1.807, 2.05) is 28.8 Å². The summed E-state index contributed by atoms with van der Waals surface area (Å²) in [7, 11) is 0. The second kappa shape index (κ2) is 6.34. The van der Waals surface area contributed by atoms with Gasteiger partial charge in [0.1, 0.15) is 16.7 Å². The van der Waals surface area contributed by atoms with Crippen LogP contribution in [-0.4, -0.2) is 25.6 Å². The molecule has 2 aromatic heterocycles. The average Bonchev–Trinajstić information content (AvgIpc) is 3.07. The zero-order valence-corrected chi connectivity index (χ0v) is 14.8. The molecule has 26 heavy (non-hydrogen) atoms. The van der Waals surface area contributed by atoms with Crippen molar-refractivity contribution in [3.8, 4) is 16.8 Å². The summed E-state index contributed by atoms with van der Waals surface area (Å²) in [5, 5.41) is 9.10. The number of carbonyl (C=O) groups is 1. The molecule has 128 valence electrons. The van der Waals surface area contributed by atoms with E-state index in [0.29, 0.717) is 21.2 Å². The number of benzene rings is 2. The fourth-order valence-corrected chi connectivity index (χ4v) is 3.14. The highest BCUT2D eigenvalue weighted by atomic mass is 79.9. The highest BCUT2D eigenvalue weighted by Gasteiger charge is 2.11. The lowest BCUT2D eigenvalue weighted by molar-refractivity contribution is 0.0697. The maximum atomic E-state index is 14.1. The minimum Gasteiger partial charge on any atom is -0.478 e. The monoisotopic (exact) mass is 411 g/mol. The first-order valence-electron chi connectivity index (χ1n) is 7.65. The molecule has 0 unspecified atom stereocenters. The maximum absolute atomic E-state index is 14.1. The quantitative estimate of drug-likeness (QED) is 0.496. The number of carboxylic acids is 1. The number of imidazole rings is 1. The first-order valence-corrected chi connectivity index (χ1v) is 8.44. The number of carboxylic acid groups (broad SMARTS) is 1. The number of halogens is 2. The molecule has 0 bridgehead atoms. The summed E-state index contributed by atoms with van der Waals surface area (Å²) in [6, 6.07) is 13.8. The molecule has 0 spiro atoms. The number of nitrogens with zero attached hydrogens (tertiary/aromatic N) is 3. The lowest BCUT2D eigenvalue weighted by Gasteiger charge is -2.09. The first kappa shape index (κ1) is 16.4. The van der Waals surface area contributed by atoms with Gasteiger partial charge in [-0.15, -0.1) is 0 Å². The molecule has 0 fully saturated rings. The van der Waals surface area contributed by atoms with Gasteiger partial charge in [-0.3, -0.25) is 4.57 Å². The predicted molar refractivity (Wildman–Crippen MR) is 98.9 cm³/mol. The molecule has 0 saturated carbocycles. The molecule has 0 amide bonds. The number of hydrogen-bond acceptors (Lipinski definition) is 3. The smallest absolute Gasteiger partial charge is 0.335 e. The fraction of sp³-hybridized carbons (Fsp3) is 0. The van der Waals surface area contributed by atoms with Crippen LogP contribution in [-0.2, 0) is 0 Å². The van der Waals surface area contributed by atoms with Gasteiger partial charge in [0.15, 0.2) is 0 Å². The highest BCUT2D eigenvalue weighted by Crippen LogP contribution is 2.28. The van der Waals surface area contributed by atoms with Crippen molar-refractivity contribution in [2.45, 2.75) is 0 Å². The van der Waals surface area contributed by atoms with Gasteiger partial charge in [0, 0.05) is 11.3 Å². The van der Waals surface area contributed by atoms with Crippen LogP contribution in [0.5, 0.6) is 0 Å². The van der Waals surface area contributed by atoms with Gasteiger partial charge in [-0.05, 0) is 57.9 Å². The van der Waals surface area contributed by atoms with E-state index in [2.05, 4.69) is 25.9 Å². The molecule has 0 radical (unpaired) electrons. The van der Waals surface area contributed by atoms with Crippen molar-refractivity contribution in [3.05, 3.63) is 77.0 Å². The number of aromatic nitrogens is 3. The number of rotatable bonds is 3. The van der Waals surface area contributed by atoms with Gasteiger partial charge in [0.25, 0.3) is 0 Å². The topological polar surface area (TPSA) is 68.0 Å². The standard InChI is InChI=1S/C19H11BrFN3O2/c20-18-8-14(15(21)9-22-18)11-2-1-3-13(6-11)24-10-23-16-7-12(19(25)26)4-5-17(16)24/h1-10H,(H,25,26). The van der Waals surface area contributed by atoms with Gasteiger partial charge in [-0.25, -0.2) is 19.2 Å². The third-order valence-electron chi connectivity index (χ3n) is 4.05. The molecule has 1 N–H and O–H groups in total. The van der Waals surface area contributed by atoms with Gasteiger partial charge in [0.2, 0.25) is 0 Å². The van der Waals surface area contributed by atoms with Crippen LogP contribution < -0.4 is 0 Å². The Balaban J connectivity index is 1.83. The van der Waals surface area contributed by atoms with Gasteiger partial charge < -0.3 is 5.11 Å². The van der Waals surface area contributed by atoms with Crippen LogP contribution >= 0.6 is 15.9 Å². The summed E-state index contributed by atoms with van der Waals surface area (Å²) in [4.78, 5) is 19.3. The van der Waals surface area contributed by atoms with Crippen molar-refractivity contribution in [1.29, 1.82) is 0 Å². The Bertz CT molecular complexity index is 1160. The Hall–Kier alpha value is -3.06. The summed E-state index contributed by atoms with van der Waals surface area (Å²) in [6.07, 6.45) is 2.79. The van der Waals surface area contributed by atoms with Crippen molar-refractivity contribution in [1.82, 2.24) is 14.5 Å². The van der Waals surface area contributed by atoms with Gasteiger partial charge in [-0.2, -0.15) is 0 Å². The molecule has 4 rings (SSSR count). The van der Waals surface area contributed by atoms with Crippen LogP contribution in [0.15, 0.2) is 65.7 Å². The number of fused-ring (bicyclic) bond motifs is 1. The Morgan fingerprint density at radius 3 is 2.77 bits per heavy atom. The summed E-state index contributed by atoms with van der Waals surface area (Å²) < 4.78 is 16.5. The zero-order chi connectivity index (χ0) is 18.3. The van der Waals surface area contributed by atoms with Crippen molar-refractivity contribution in [3.63, 3.8) is 0 Å². The number of pyridine rings is 1. The average molecular weight is 412 g/mol. The van der Waals surface area contributed by atoms with Crippen molar-refractivity contribution in [2.75, 3.05) is 0 Å². The van der Waals surface area contributed by atoms with E-state index in [4.69, 9.17) is 5.11 Å². The van der Waals surface area contributed by atoms with Crippen LogP contribution in [0.4, 0.5) is 4.39 Å². The van der Waals surface area contributed by atoms with Crippen molar-refractivity contribution >= 4 is 32.9 Å². The van der Waals surface area contributed by atoms with Crippen LogP contribution in [0.1, 0.15) is 10.4 Å². The Labute approximate surface area is 155 Å². The van der Waals surface area contributed by atoms with E-state index in [1.165, 1.54) is 18.3 Å². The first-order chi connectivity index (χ1) is 12.5. The van der Waals surface area contributed by atoms with E-state index in [0.717, 1.165) is 11.2 Å². The zero-order valence-electron chi connectivity index (χ0n) is 13.2. The molecule has 2 heterocycles. The Morgan fingerprint density at radius 1 is 1.12 bits per heavy atom. The minimum absolute atomic E-state index is 0.181. The van der Waals surface area contributed by atoms with Gasteiger partial charge in [-0.1, -0.05) is 12.1 Å². The van der Waals surface area contributed by atoms with Crippen LogP contribution in [0.3, 0.4) is 0 Å². The molecular formula is C19H11BrFN3O2. The third kappa shape index (κ3) is 2.86. The predicted octanol–water partition coefficient (Wildman–Crippen LogP) is 4.69. The summed E-state index contributed by atoms with van der Waals surface area (Å²) in [6.45, 7) is 0. The van der Waals surface area contributed by atoms with Crippen LogP contribution in [0.25, 0.3) is 27.8 Å². The molecule has 4 aromatic rings. The molecule has 5 nitrogen and oxygen atoms in total. The number of aromatic carboxylic acids is 1. The molecular weight excluding hydrogens is 401 g/mol. The molecule has 0 aliphatic carbocycles. The maximum Gasteiger partial charge on any atom is 0.335 e. The number of hydrogen-bond donors (Lipinski definition) is 1. The van der Waals surface area contributed by atoms with E-state index < -0.39 is 11.8 Å². The summed E-state index contributed by atoms with van der Waals surface area (Å²) in [5.41, 5.74) is 3.45. The molecule has 7 heteroatoms. The van der Waals surface area contributed by atoms with Crippen molar-refractivity contribution in [2.24, 2.45) is 0 Å². The highest BCUT2D eigenvalue weighted by molar-refractivity contribution is 9.10. The summed E-state index contributed by atoms with van der Waals surface area (Å²) >= 11 is 3.26. The van der Waals surface area contributed by atoms with Crippen LogP contribution in [0, 0.1) is 5.82 Å². The van der Waals surface area contributed by atoms with E-state index in [1.54, 1.807) is 18.5 Å². The normalized spacial score (nSPS) is 11.0. The van der Waals surface area contributed by atoms with Crippen LogP contribution in [0.2, 0.25) is 0 Å². The van der Waals surface area contributed by atoms with Gasteiger partial charge >= 0.3 is 5.97 Å². The van der Waals surface area contributed by atoms with Crippen molar-refractivity contribution < 1.29 is 14.3 Å². The second-order valence-electron chi connectivity index (χ2n) is 5.66. The largest absolute Gasteiger partial charge is 0.478 e. The molecule has 0 saturated heterocycles. The molecule has 0 aliphatic rings. The summed E-state index contributed by atoms with van der Waals surface area (Å²) in [5.74, 6) is -1.41. The molecule has 2 aromatic carbocycles. The molecule has 0 atom stereocenters. The lowest BCUT2D eigenvalue weighted by Crippen LogP contribution is -1.96. The lowest BCUT2D eigenvalue weighted by atomic mass is 10.1. The fourth-order valence-electron chi connectivity index (χ4n) is 2.81. The minimum atomic E-state index is -0.998. The van der Waals surface area contributed by atoms with E-state index >= 15 is 0 Å². The van der Waals surface area contributed by atoms with E-state index in [9.17, 15) is 9.18 Å². The Morgan fingerprint density at radius 2 is 1.96 bits per heavy atom. The van der Waals surface area contributed by atoms with E-state index in [-0.39, 0.29) is 5.56 Å². The van der Waals surface area contributed by atoms with Gasteiger partial charge in [0.05, 0.1) is 22.8 Å². The second-order valence-corrected chi connectivity index (χ2v) is 6.47. The Kier molecular flexibility index (Phi) is 4.00.